The van der Waals surface area contributed by atoms with E-state index in [-0.39, 0.29) is 17.4 Å². The fraction of sp³-hybridized carbons (Fsp3) is 0.333. The Morgan fingerprint density at radius 1 is 1.24 bits per heavy atom. The first kappa shape index (κ1) is 14.0. The fourth-order valence-electron chi connectivity index (χ4n) is 2.64. The molecule has 0 aliphatic carbocycles. The zero-order valence-electron chi connectivity index (χ0n) is 11.7. The van der Waals surface area contributed by atoms with Gasteiger partial charge in [-0.15, -0.1) is 0 Å². The molecule has 1 atom stereocenters. The number of aromatic nitrogens is 1. The van der Waals surface area contributed by atoms with Crippen LogP contribution in [0.2, 0.25) is 0 Å². The highest BCUT2D eigenvalue weighted by molar-refractivity contribution is 7.91. The fourth-order valence-corrected chi connectivity index (χ4v) is 4.73. The minimum Gasteiger partial charge on any atom is -0.344 e. The Balaban J connectivity index is 1.84. The molecular formula is C15H16N2O3S. The van der Waals surface area contributed by atoms with Crippen LogP contribution in [0.4, 0.5) is 0 Å². The van der Waals surface area contributed by atoms with Crippen LogP contribution in [0.1, 0.15) is 23.8 Å². The summed E-state index contributed by atoms with van der Waals surface area (Å²) in [6, 6.07) is 11.0. The number of amides is 1. The quantitative estimate of drug-likeness (QED) is 0.913. The van der Waals surface area contributed by atoms with E-state index in [4.69, 9.17) is 0 Å². The van der Waals surface area contributed by atoms with Crippen molar-refractivity contribution in [2.75, 3.05) is 11.5 Å². The van der Waals surface area contributed by atoms with Gasteiger partial charge < -0.3 is 5.32 Å². The smallest absolute Gasteiger partial charge is 0.270 e. The van der Waals surface area contributed by atoms with Crippen molar-refractivity contribution in [1.82, 2.24) is 10.3 Å². The van der Waals surface area contributed by atoms with Crippen LogP contribution in [0.15, 0.2) is 36.4 Å². The molecule has 1 amide bonds. The Bertz CT molecular complexity index is 817. The molecule has 1 aliphatic rings. The van der Waals surface area contributed by atoms with Crippen LogP contribution in [-0.4, -0.2) is 36.4 Å². The van der Waals surface area contributed by atoms with Crippen molar-refractivity contribution in [3.63, 3.8) is 0 Å². The van der Waals surface area contributed by atoms with Crippen LogP contribution >= 0.6 is 0 Å². The largest absolute Gasteiger partial charge is 0.344 e. The Morgan fingerprint density at radius 2 is 2.00 bits per heavy atom. The Kier molecular flexibility index (Phi) is 3.20. The molecule has 0 spiro atoms. The summed E-state index contributed by atoms with van der Waals surface area (Å²) in [5.41, 5.74) is 0.344. The first-order valence-corrected chi connectivity index (χ1v) is 8.58. The monoisotopic (exact) mass is 304 g/mol. The lowest BCUT2D eigenvalue weighted by Gasteiger charge is -2.23. The first-order chi connectivity index (χ1) is 9.87. The third-order valence-electron chi connectivity index (χ3n) is 3.75. The average molecular weight is 304 g/mol. The van der Waals surface area contributed by atoms with Gasteiger partial charge in [-0.1, -0.05) is 24.3 Å². The van der Waals surface area contributed by atoms with E-state index in [2.05, 4.69) is 10.3 Å². The first-order valence-electron chi connectivity index (χ1n) is 6.76. The van der Waals surface area contributed by atoms with Gasteiger partial charge in [-0.05, 0) is 25.5 Å². The molecule has 1 aliphatic heterocycles. The van der Waals surface area contributed by atoms with Crippen LogP contribution in [0.5, 0.6) is 0 Å². The van der Waals surface area contributed by atoms with E-state index in [1.807, 2.05) is 30.3 Å². The number of nitrogens with one attached hydrogen (secondary N) is 1. The zero-order valence-corrected chi connectivity index (χ0v) is 12.5. The molecule has 1 saturated heterocycles. The number of hydrogen-bond acceptors (Lipinski definition) is 4. The molecule has 110 valence electrons. The number of pyridine rings is 1. The molecule has 3 rings (SSSR count). The standard InChI is InChI=1S/C15H16N2O3S/c1-15(8-9-21(19,20)10-15)17-14(18)13-7-6-11-4-2-3-5-12(11)16-13/h2-7H,8-10H2,1H3,(H,17,18). The summed E-state index contributed by atoms with van der Waals surface area (Å²) < 4.78 is 23.1. The summed E-state index contributed by atoms with van der Waals surface area (Å²) in [6.45, 7) is 1.76. The van der Waals surface area contributed by atoms with E-state index in [0.717, 1.165) is 10.9 Å². The van der Waals surface area contributed by atoms with Crippen molar-refractivity contribution in [1.29, 1.82) is 0 Å². The van der Waals surface area contributed by atoms with Crippen molar-refractivity contribution in [3.8, 4) is 0 Å². The van der Waals surface area contributed by atoms with Gasteiger partial charge in [0.1, 0.15) is 5.69 Å². The molecule has 5 nitrogen and oxygen atoms in total. The van der Waals surface area contributed by atoms with Crippen molar-refractivity contribution in [3.05, 3.63) is 42.1 Å². The van der Waals surface area contributed by atoms with Crippen LogP contribution in [0.3, 0.4) is 0 Å². The molecule has 0 bridgehead atoms. The summed E-state index contributed by atoms with van der Waals surface area (Å²) in [4.78, 5) is 16.6. The molecule has 6 heteroatoms. The summed E-state index contributed by atoms with van der Waals surface area (Å²) in [5, 5.41) is 3.77. The topological polar surface area (TPSA) is 76.1 Å². The number of rotatable bonds is 2. The van der Waals surface area contributed by atoms with Gasteiger partial charge in [0.2, 0.25) is 0 Å². The van der Waals surface area contributed by atoms with Gasteiger partial charge in [-0.3, -0.25) is 4.79 Å². The molecular weight excluding hydrogens is 288 g/mol. The lowest BCUT2D eigenvalue weighted by atomic mass is 10.0. The molecule has 1 unspecified atom stereocenters. The normalized spacial score (nSPS) is 24.0. The number of hydrogen-bond donors (Lipinski definition) is 1. The minimum absolute atomic E-state index is 0.0146. The number of para-hydroxylation sites is 1. The van der Waals surface area contributed by atoms with Crippen LogP contribution in [0, 0.1) is 0 Å². The number of carbonyl (C=O) groups excluding carboxylic acids is 1. The van der Waals surface area contributed by atoms with E-state index < -0.39 is 15.4 Å². The van der Waals surface area contributed by atoms with Gasteiger partial charge >= 0.3 is 0 Å². The second-order valence-corrected chi connectivity index (χ2v) is 7.93. The lowest BCUT2D eigenvalue weighted by Crippen LogP contribution is -2.47. The lowest BCUT2D eigenvalue weighted by molar-refractivity contribution is 0.0910. The number of benzene rings is 1. The molecule has 0 radical (unpaired) electrons. The molecule has 1 fully saturated rings. The van der Waals surface area contributed by atoms with Crippen molar-refractivity contribution < 1.29 is 13.2 Å². The van der Waals surface area contributed by atoms with Gasteiger partial charge in [-0.25, -0.2) is 13.4 Å². The Hall–Kier alpha value is -1.95. The van der Waals surface area contributed by atoms with Crippen molar-refractivity contribution in [2.24, 2.45) is 0 Å². The number of carbonyl (C=O) groups is 1. The van der Waals surface area contributed by atoms with Crippen molar-refractivity contribution in [2.45, 2.75) is 18.9 Å². The van der Waals surface area contributed by atoms with E-state index in [0.29, 0.717) is 12.1 Å². The van der Waals surface area contributed by atoms with E-state index in [1.54, 1.807) is 13.0 Å². The highest BCUT2D eigenvalue weighted by Gasteiger charge is 2.39. The highest BCUT2D eigenvalue weighted by Crippen LogP contribution is 2.23. The molecule has 1 aromatic carbocycles. The van der Waals surface area contributed by atoms with E-state index in [9.17, 15) is 13.2 Å². The molecule has 21 heavy (non-hydrogen) atoms. The third kappa shape index (κ3) is 2.90. The van der Waals surface area contributed by atoms with Gasteiger partial charge in [0.05, 0.1) is 22.6 Å². The predicted octanol–water partition coefficient (Wildman–Crippen LogP) is 1.54. The zero-order chi connectivity index (χ0) is 15.1. The molecule has 2 aromatic rings. The van der Waals surface area contributed by atoms with Crippen LogP contribution < -0.4 is 5.32 Å². The SMILES string of the molecule is CC1(NC(=O)c2ccc3ccccc3n2)CCS(=O)(=O)C1. The Morgan fingerprint density at radius 3 is 2.71 bits per heavy atom. The van der Waals surface area contributed by atoms with Gasteiger partial charge in [0.25, 0.3) is 5.91 Å². The Labute approximate surface area is 123 Å². The highest BCUT2D eigenvalue weighted by atomic mass is 32.2. The third-order valence-corrected chi connectivity index (χ3v) is 5.65. The maximum absolute atomic E-state index is 12.3. The molecule has 0 saturated carbocycles. The van der Waals surface area contributed by atoms with Crippen LogP contribution in [0.25, 0.3) is 10.9 Å². The summed E-state index contributed by atoms with van der Waals surface area (Å²) in [7, 11) is -3.05. The summed E-state index contributed by atoms with van der Waals surface area (Å²) >= 11 is 0. The maximum atomic E-state index is 12.3. The second kappa shape index (κ2) is 4.80. The summed E-state index contributed by atoms with van der Waals surface area (Å²) in [5.74, 6) is -0.228. The van der Waals surface area contributed by atoms with Gasteiger partial charge in [0, 0.05) is 5.39 Å². The number of fused-ring (bicyclic) bond motifs is 1. The van der Waals surface area contributed by atoms with E-state index in [1.165, 1.54) is 0 Å². The molecule has 1 N–H and O–H groups in total. The van der Waals surface area contributed by atoms with Gasteiger partial charge in [-0.2, -0.15) is 0 Å². The minimum atomic E-state index is -3.05. The number of sulfone groups is 1. The number of nitrogens with zero attached hydrogens (tertiary/aromatic N) is 1. The molecule has 2 heterocycles. The van der Waals surface area contributed by atoms with Crippen LogP contribution in [-0.2, 0) is 9.84 Å². The maximum Gasteiger partial charge on any atom is 0.270 e. The summed E-state index contributed by atoms with van der Waals surface area (Å²) in [6.07, 6.45) is 0.439. The predicted molar refractivity (Wildman–Crippen MR) is 80.9 cm³/mol. The van der Waals surface area contributed by atoms with Crippen molar-refractivity contribution >= 4 is 26.6 Å². The average Bonchev–Trinajstić information content (AvgIpc) is 2.71. The second-order valence-electron chi connectivity index (χ2n) is 5.75. The van der Waals surface area contributed by atoms with Gasteiger partial charge in [0.15, 0.2) is 9.84 Å². The van der Waals surface area contributed by atoms with E-state index >= 15 is 0 Å². The molecule has 1 aromatic heterocycles.